The molecule has 2 aromatic rings. The molecule has 0 spiro atoms. The monoisotopic (exact) mass is 364 g/mol. The fraction of sp³-hybridized carbons (Fsp3) is 0.391. The Labute approximate surface area is 161 Å². The van der Waals surface area contributed by atoms with Gasteiger partial charge in [-0.25, -0.2) is 0 Å². The summed E-state index contributed by atoms with van der Waals surface area (Å²) in [6, 6.07) is 13.3. The van der Waals surface area contributed by atoms with Crippen molar-refractivity contribution < 1.29 is 9.59 Å². The van der Waals surface area contributed by atoms with Crippen LogP contribution < -0.4 is 10.6 Å². The van der Waals surface area contributed by atoms with Crippen LogP contribution >= 0.6 is 0 Å². The van der Waals surface area contributed by atoms with Crippen molar-refractivity contribution in [2.24, 2.45) is 5.92 Å². The van der Waals surface area contributed by atoms with E-state index in [0.717, 1.165) is 42.5 Å². The summed E-state index contributed by atoms with van der Waals surface area (Å²) in [7, 11) is 0. The molecule has 0 bridgehead atoms. The highest BCUT2D eigenvalue weighted by atomic mass is 16.2. The molecule has 2 N–H and O–H groups in total. The minimum atomic E-state index is -0.129. The molecule has 2 aromatic carbocycles. The summed E-state index contributed by atoms with van der Waals surface area (Å²) >= 11 is 0. The van der Waals surface area contributed by atoms with Crippen LogP contribution in [0.3, 0.4) is 0 Å². The average molecular weight is 364 g/mol. The Morgan fingerprint density at radius 2 is 1.63 bits per heavy atom. The van der Waals surface area contributed by atoms with E-state index in [9.17, 15) is 9.59 Å². The van der Waals surface area contributed by atoms with E-state index in [1.165, 1.54) is 12.0 Å². The van der Waals surface area contributed by atoms with Gasteiger partial charge in [-0.05, 0) is 67.6 Å². The zero-order chi connectivity index (χ0) is 19.2. The van der Waals surface area contributed by atoms with Crippen molar-refractivity contribution >= 4 is 17.5 Å². The van der Waals surface area contributed by atoms with E-state index in [-0.39, 0.29) is 17.7 Å². The lowest BCUT2D eigenvalue weighted by Gasteiger charge is -2.20. The number of benzene rings is 2. The number of nitrogens with one attached hydrogen (secondary N) is 2. The van der Waals surface area contributed by atoms with Crippen molar-refractivity contribution in [3.8, 4) is 0 Å². The Morgan fingerprint density at radius 3 is 2.30 bits per heavy atom. The van der Waals surface area contributed by atoms with Crippen molar-refractivity contribution in [3.63, 3.8) is 0 Å². The quantitative estimate of drug-likeness (QED) is 0.804. The summed E-state index contributed by atoms with van der Waals surface area (Å²) in [5, 5.41) is 5.96. The van der Waals surface area contributed by atoms with Crippen LogP contribution in [0.2, 0.25) is 0 Å². The number of anilines is 1. The number of rotatable bonds is 5. The summed E-state index contributed by atoms with van der Waals surface area (Å²) in [5.41, 5.74) is 4.76. The number of hydrogen-bond donors (Lipinski definition) is 2. The van der Waals surface area contributed by atoms with Crippen LogP contribution in [0.15, 0.2) is 42.5 Å². The molecule has 1 aliphatic rings. The maximum Gasteiger partial charge on any atom is 0.255 e. The van der Waals surface area contributed by atoms with E-state index in [1.807, 2.05) is 44.2 Å². The van der Waals surface area contributed by atoms with Crippen molar-refractivity contribution in [1.29, 1.82) is 0 Å². The third kappa shape index (κ3) is 5.19. The minimum absolute atomic E-state index is 0.129. The highest BCUT2D eigenvalue weighted by molar-refractivity contribution is 6.04. The molecular formula is C23H28N2O2. The number of amides is 2. The SMILES string of the molecule is Cc1ccc(NC(=O)c2ccc(CNC(=O)C3CCCCC3)cc2)cc1C. The van der Waals surface area contributed by atoms with Crippen LogP contribution in [0.4, 0.5) is 5.69 Å². The van der Waals surface area contributed by atoms with Gasteiger partial charge in [0.25, 0.3) is 5.91 Å². The van der Waals surface area contributed by atoms with Crippen molar-refractivity contribution in [3.05, 3.63) is 64.7 Å². The van der Waals surface area contributed by atoms with Gasteiger partial charge in [-0.1, -0.05) is 37.5 Å². The molecule has 1 aliphatic carbocycles. The zero-order valence-corrected chi connectivity index (χ0v) is 16.2. The lowest BCUT2D eigenvalue weighted by molar-refractivity contribution is -0.126. The van der Waals surface area contributed by atoms with Crippen molar-refractivity contribution in [2.75, 3.05) is 5.32 Å². The van der Waals surface area contributed by atoms with Crippen LogP contribution in [0.5, 0.6) is 0 Å². The second-order valence-electron chi connectivity index (χ2n) is 7.50. The Bertz CT molecular complexity index is 806. The highest BCUT2D eigenvalue weighted by Gasteiger charge is 2.20. The third-order valence-corrected chi connectivity index (χ3v) is 5.42. The third-order valence-electron chi connectivity index (χ3n) is 5.42. The van der Waals surface area contributed by atoms with Crippen LogP contribution in [-0.4, -0.2) is 11.8 Å². The topological polar surface area (TPSA) is 58.2 Å². The second-order valence-corrected chi connectivity index (χ2v) is 7.50. The molecule has 1 saturated carbocycles. The molecule has 0 aromatic heterocycles. The summed E-state index contributed by atoms with van der Waals surface area (Å²) in [4.78, 5) is 24.6. The molecule has 1 fully saturated rings. The fourth-order valence-electron chi connectivity index (χ4n) is 3.49. The van der Waals surface area contributed by atoms with Gasteiger partial charge in [-0.2, -0.15) is 0 Å². The van der Waals surface area contributed by atoms with Gasteiger partial charge in [-0.3, -0.25) is 9.59 Å². The number of hydrogen-bond acceptors (Lipinski definition) is 2. The second kappa shape index (κ2) is 8.85. The number of carbonyl (C=O) groups is 2. The van der Waals surface area contributed by atoms with E-state index in [4.69, 9.17) is 0 Å². The molecule has 0 unspecified atom stereocenters. The van der Waals surface area contributed by atoms with Gasteiger partial charge in [-0.15, -0.1) is 0 Å². The van der Waals surface area contributed by atoms with Crippen LogP contribution in [-0.2, 0) is 11.3 Å². The van der Waals surface area contributed by atoms with Crippen LogP contribution in [0.25, 0.3) is 0 Å². The molecule has 27 heavy (non-hydrogen) atoms. The first kappa shape index (κ1) is 19.2. The predicted octanol–water partition coefficient (Wildman–Crippen LogP) is 4.75. The molecule has 4 nitrogen and oxygen atoms in total. The normalized spacial score (nSPS) is 14.6. The Morgan fingerprint density at radius 1 is 0.926 bits per heavy atom. The van der Waals surface area contributed by atoms with Gasteiger partial charge in [0.15, 0.2) is 0 Å². The highest BCUT2D eigenvalue weighted by Crippen LogP contribution is 2.23. The van der Waals surface area contributed by atoms with Crippen molar-refractivity contribution in [2.45, 2.75) is 52.5 Å². The fourth-order valence-corrected chi connectivity index (χ4v) is 3.49. The average Bonchev–Trinajstić information content (AvgIpc) is 2.70. The largest absolute Gasteiger partial charge is 0.352 e. The van der Waals surface area contributed by atoms with E-state index in [0.29, 0.717) is 12.1 Å². The van der Waals surface area contributed by atoms with E-state index < -0.39 is 0 Å². The molecule has 2 amide bonds. The molecule has 0 atom stereocenters. The Balaban J connectivity index is 1.53. The summed E-state index contributed by atoms with van der Waals surface area (Å²) in [5.74, 6) is 0.198. The van der Waals surface area contributed by atoms with E-state index >= 15 is 0 Å². The van der Waals surface area contributed by atoms with E-state index in [1.54, 1.807) is 12.1 Å². The van der Waals surface area contributed by atoms with Crippen LogP contribution in [0, 0.1) is 19.8 Å². The smallest absolute Gasteiger partial charge is 0.255 e. The molecule has 4 heteroatoms. The zero-order valence-electron chi connectivity index (χ0n) is 16.2. The summed E-state index contributed by atoms with van der Waals surface area (Å²) in [6.07, 6.45) is 5.56. The van der Waals surface area contributed by atoms with Gasteiger partial charge < -0.3 is 10.6 Å². The molecule has 0 aliphatic heterocycles. The number of carbonyl (C=O) groups excluding carboxylic acids is 2. The van der Waals surface area contributed by atoms with Crippen molar-refractivity contribution in [1.82, 2.24) is 5.32 Å². The first-order valence-corrected chi connectivity index (χ1v) is 9.78. The maximum absolute atomic E-state index is 12.4. The molecule has 0 saturated heterocycles. The summed E-state index contributed by atoms with van der Waals surface area (Å²) in [6.45, 7) is 4.59. The van der Waals surface area contributed by atoms with Crippen LogP contribution in [0.1, 0.15) is 59.2 Å². The molecule has 3 rings (SSSR count). The minimum Gasteiger partial charge on any atom is -0.352 e. The first-order chi connectivity index (χ1) is 13.0. The Hall–Kier alpha value is -2.62. The molecule has 0 radical (unpaired) electrons. The van der Waals surface area contributed by atoms with Gasteiger partial charge in [0.2, 0.25) is 5.91 Å². The lowest BCUT2D eigenvalue weighted by atomic mass is 9.88. The van der Waals surface area contributed by atoms with E-state index in [2.05, 4.69) is 10.6 Å². The first-order valence-electron chi connectivity index (χ1n) is 9.78. The van der Waals surface area contributed by atoms with Gasteiger partial charge in [0, 0.05) is 23.7 Å². The Kier molecular flexibility index (Phi) is 6.28. The molecular weight excluding hydrogens is 336 g/mol. The van der Waals surface area contributed by atoms with Gasteiger partial charge in [0.1, 0.15) is 0 Å². The van der Waals surface area contributed by atoms with Gasteiger partial charge >= 0.3 is 0 Å². The summed E-state index contributed by atoms with van der Waals surface area (Å²) < 4.78 is 0. The molecule has 0 heterocycles. The molecule has 142 valence electrons. The lowest BCUT2D eigenvalue weighted by Crippen LogP contribution is -2.31. The maximum atomic E-state index is 12.4. The standard InChI is InChI=1S/C23H28N2O2/c1-16-8-13-21(14-17(16)2)25-23(27)20-11-9-18(10-12-20)15-24-22(26)19-6-4-3-5-7-19/h8-14,19H,3-7,15H2,1-2H3,(H,24,26)(H,25,27). The number of aryl methyl sites for hydroxylation is 2. The predicted molar refractivity (Wildman–Crippen MR) is 109 cm³/mol. The van der Waals surface area contributed by atoms with Gasteiger partial charge in [0.05, 0.1) is 0 Å².